The van der Waals surface area contributed by atoms with Gasteiger partial charge in [0.1, 0.15) is 18.4 Å². The van der Waals surface area contributed by atoms with Crippen molar-refractivity contribution in [2.24, 2.45) is 17.3 Å². The second kappa shape index (κ2) is 6.33. The Kier molecular flexibility index (Phi) is 3.80. The minimum atomic E-state index is -0.273. The predicted octanol–water partition coefficient (Wildman–Crippen LogP) is 3.38. The SMILES string of the molecule is COc1ccc2[nH]c(CNC(=O)C34C[C@H]5C[C@@H](C3)CC(n3cncn3)(C5)C4)cc2c1. The molecule has 7 nitrogen and oxygen atoms in total. The summed E-state index contributed by atoms with van der Waals surface area (Å²) in [6.45, 7) is 0.517. The Labute approximate surface area is 175 Å². The maximum atomic E-state index is 13.5. The van der Waals surface area contributed by atoms with E-state index in [2.05, 4.69) is 31.1 Å². The van der Waals surface area contributed by atoms with E-state index in [1.807, 2.05) is 24.5 Å². The number of ether oxygens (including phenoxy) is 1. The Morgan fingerprint density at radius 3 is 2.83 bits per heavy atom. The third-order valence-corrected chi connectivity index (χ3v) is 7.74. The summed E-state index contributed by atoms with van der Waals surface area (Å²) in [5.41, 5.74) is 1.77. The van der Waals surface area contributed by atoms with E-state index in [1.165, 1.54) is 6.42 Å². The summed E-state index contributed by atoms with van der Waals surface area (Å²) in [6, 6.07) is 8.06. The molecule has 2 aromatic heterocycles. The van der Waals surface area contributed by atoms with Crippen LogP contribution in [0.15, 0.2) is 36.9 Å². The normalized spacial score (nSPS) is 31.9. The van der Waals surface area contributed by atoms with Crippen molar-refractivity contribution in [3.05, 3.63) is 42.6 Å². The monoisotopic (exact) mass is 405 g/mol. The zero-order chi connectivity index (χ0) is 20.3. The third kappa shape index (κ3) is 2.67. The molecule has 4 atom stereocenters. The Bertz CT molecular complexity index is 1090. The number of methoxy groups -OCH3 is 1. The first kappa shape index (κ1) is 18.0. The van der Waals surface area contributed by atoms with Gasteiger partial charge in [-0.15, -0.1) is 0 Å². The molecule has 4 aliphatic rings. The van der Waals surface area contributed by atoms with Crippen molar-refractivity contribution in [1.29, 1.82) is 0 Å². The van der Waals surface area contributed by atoms with E-state index in [0.29, 0.717) is 18.4 Å². The van der Waals surface area contributed by atoms with Gasteiger partial charge in [0.05, 0.1) is 24.6 Å². The molecule has 156 valence electrons. The van der Waals surface area contributed by atoms with Crippen molar-refractivity contribution < 1.29 is 9.53 Å². The van der Waals surface area contributed by atoms with E-state index in [9.17, 15) is 4.79 Å². The number of amides is 1. The molecule has 30 heavy (non-hydrogen) atoms. The van der Waals surface area contributed by atoms with Gasteiger partial charge in [0.15, 0.2) is 0 Å². The van der Waals surface area contributed by atoms with Crippen LogP contribution in [0.4, 0.5) is 0 Å². The third-order valence-electron chi connectivity index (χ3n) is 7.74. The van der Waals surface area contributed by atoms with Gasteiger partial charge in [-0.3, -0.25) is 4.79 Å². The smallest absolute Gasteiger partial charge is 0.226 e. The molecule has 1 amide bonds. The molecule has 4 aliphatic carbocycles. The molecule has 4 saturated carbocycles. The number of fused-ring (bicyclic) bond motifs is 1. The van der Waals surface area contributed by atoms with Gasteiger partial charge < -0.3 is 15.0 Å². The van der Waals surface area contributed by atoms with Crippen molar-refractivity contribution in [2.75, 3.05) is 7.11 Å². The van der Waals surface area contributed by atoms with Crippen LogP contribution in [0.1, 0.15) is 44.2 Å². The summed E-state index contributed by atoms with van der Waals surface area (Å²) < 4.78 is 7.37. The number of hydrogen-bond donors (Lipinski definition) is 2. The van der Waals surface area contributed by atoms with E-state index < -0.39 is 0 Å². The van der Waals surface area contributed by atoms with Gasteiger partial charge in [-0.25, -0.2) is 9.67 Å². The lowest BCUT2D eigenvalue weighted by molar-refractivity contribution is -0.156. The van der Waals surface area contributed by atoms with Gasteiger partial charge in [0, 0.05) is 16.6 Å². The summed E-state index contributed by atoms with van der Waals surface area (Å²) in [7, 11) is 1.67. The highest BCUT2D eigenvalue weighted by Gasteiger charge is 2.61. The number of nitrogens with zero attached hydrogens (tertiary/aromatic N) is 3. The van der Waals surface area contributed by atoms with Crippen LogP contribution in [0.3, 0.4) is 0 Å². The zero-order valence-electron chi connectivity index (χ0n) is 17.2. The number of carbonyl (C=O) groups is 1. The van der Waals surface area contributed by atoms with Gasteiger partial charge in [0.2, 0.25) is 5.91 Å². The molecule has 0 spiro atoms. The summed E-state index contributed by atoms with van der Waals surface area (Å²) in [5, 5.41) is 8.84. The minimum absolute atomic E-state index is 0.0322. The fourth-order valence-electron chi connectivity index (χ4n) is 6.96. The number of H-pyrrole nitrogens is 1. The first-order chi connectivity index (χ1) is 14.6. The first-order valence-corrected chi connectivity index (χ1v) is 10.9. The summed E-state index contributed by atoms with van der Waals surface area (Å²) in [6.07, 6.45) is 9.89. The average molecular weight is 406 g/mol. The molecule has 1 aromatic carbocycles. The molecule has 2 unspecified atom stereocenters. The van der Waals surface area contributed by atoms with Crippen molar-refractivity contribution in [1.82, 2.24) is 25.1 Å². The zero-order valence-corrected chi connectivity index (χ0v) is 17.2. The lowest BCUT2D eigenvalue weighted by Gasteiger charge is -2.60. The lowest BCUT2D eigenvalue weighted by atomic mass is 9.46. The molecule has 7 heteroatoms. The van der Waals surface area contributed by atoms with Crippen molar-refractivity contribution in [3.8, 4) is 5.75 Å². The van der Waals surface area contributed by atoms with Crippen molar-refractivity contribution in [2.45, 2.75) is 50.6 Å². The topological polar surface area (TPSA) is 84.8 Å². The van der Waals surface area contributed by atoms with Crippen LogP contribution in [0.2, 0.25) is 0 Å². The molecule has 0 radical (unpaired) electrons. The molecule has 0 saturated heterocycles. The number of benzene rings is 1. The van der Waals surface area contributed by atoms with Crippen molar-refractivity contribution >= 4 is 16.8 Å². The van der Waals surface area contributed by atoms with E-state index in [0.717, 1.165) is 54.5 Å². The van der Waals surface area contributed by atoms with E-state index in [1.54, 1.807) is 13.4 Å². The number of aromatic nitrogens is 4. The number of rotatable bonds is 5. The van der Waals surface area contributed by atoms with Crippen LogP contribution in [-0.4, -0.2) is 32.8 Å². The average Bonchev–Trinajstić information content (AvgIpc) is 3.40. The Hall–Kier alpha value is -2.83. The maximum Gasteiger partial charge on any atom is 0.226 e. The van der Waals surface area contributed by atoms with Crippen molar-refractivity contribution in [3.63, 3.8) is 0 Å². The Morgan fingerprint density at radius 2 is 2.10 bits per heavy atom. The molecule has 4 fully saturated rings. The summed E-state index contributed by atoms with van der Waals surface area (Å²) in [5.74, 6) is 2.27. The van der Waals surface area contributed by atoms with Gasteiger partial charge >= 0.3 is 0 Å². The number of aromatic amines is 1. The Balaban J connectivity index is 1.23. The maximum absolute atomic E-state index is 13.5. The molecule has 3 aromatic rings. The van der Waals surface area contributed by atoms with E-state index in [-0.39, 0.29) is 16.9 Å². The van der Waals surface area contributed by atoms with E-state index in [4.69, 9.17) is 4.74 Å². The van der Waals surface area contributed by atoms with Crippen LogP contribution < -0.4 is 10.1 Å². The quantitative estimate of drug-likeness (QED) is 0.682. The second-order valence-electron chi connectivity index (χ2n) is 9.74. The predicted molar refractivity (Wildman–Crippen MR) is 112 cm³/mol. The van der Waals surface area contributed by atoms with Crippen LogP contribution >= 0.6 is 0 Å². The van der Waals surface area contributed by atoms with Gasteiger partial charge in [-0.2, -0.15) is 5.10 Å². The molecule has 2 N–H and O–H groups in total. The number of hydrogen-bond acceptors (Lipinski definition) is 4. The highest BCUT2D eigenvalue weighted by molar-refractivity contribution is 5.84. The second-order valence-corrected chi connectivity index (χ2v) is 9.74. The molecular weight excluding hydrogens is 378 g/mol. The molecule has 4 bridgehead atoms. The van der Waals surface area contributed by atoms with E-state index >= 15 is 0 Å². The van der Waals surface area contributed by atoms with Gasteiger partial charge in [0.25, 0.3) is 0 Å². The number of carbonyl (C=O) groups excluding carboxylic acids is 1. The molecule has 0 aliphatic heterocycles. The van der Waals surface area contributed by atoms with Crippen LogP contribution in [0, 0.1) is 17.3 Å². The Morgan fingerprint density at radius 1 is 1.27 bits per heavy atom. The van der Waals surface area contributed by atoms with Gasteiger partial charge in [-0.05, 0) is 74.6 Å². The standard InChI is InChI=1S/C23H27N5O2/c1-30-19-2-3-20-17(6-19)5-18(27-20)11-25-21(29)22-7-15-4-16(8-22)10-23(9-15,12-22)28-14-24-13-26-28/h2-3,5-6,13-16,27H,4,7-12H2,1H3,(H,25,29)/t15-,16+,22?,23?. The molecule has 7 rings (SSSR count). The molecular formula is C23H27N5O2. The summed E-state index contributed by atoms with van der Waals surface area (Å²) >= 11 is 0. The molecule has 2 heterocycles. The minimum Gasteiger partial charge on any atom is -0.497 e. The fourth-order valence-corrected chi connectivity index (χ4v) is 6.96. The summed E-state index contributed by atoms with van der Waals surface area (Å²) in [4.78, 5) is 21.1. The lowest BCUT2D eigenvalue weighted by Crippen LogP contribution is -2.61. The van der Waals surface area contributed by atoms with Crippen LogP contribution in [0.25, 0.3) is 10.9 Å². The largest absolute Gasteiger partial charge is 0.497 e. The first-order valence-electron chi connectivity index (χ1n) is 10.9. The van der Waals surface area contributed by atoms with Gasteiger partial charge in [-0.1, -0.05) is 0 Å². The van der Waals surface area contributed by atoms with Crippen LogP contribution in [0.5, 0.6) is 5.75 Å². The van der Waals surface area contributed by atoms with Crippen LogP contribution in [-0.2, 0) is 16.9 Å². The highest BCUT2D eigenvalue weighted by atomic mass is 16.5. The number of nitrogens with one attached hydrogen (secondary N) is 2. The fraction of sp³-hybridized carbons (Fsp3) is 0.522. The highest BCUT2D eigenvalue weighted by Crippen LogP contribution is 2.64.